The Morgan fingerprint density at radius 1 is 1.33 bits per heavy atom. The van der Waals surface area contributed by atoms with Crippen LogP contribution in [-0.4, -0.2) is 0 Å². The second-order valence-electron chi connectivity index (χ2n) is 3.48. The molecular weight excluding hydrogens is 166 g/mol. The number of benzene rings is 1. The largest absolute Gasteiger partial charge is 0.252 e. The maximum absolute atomic E-state index is 3.44. The summed E-state index contributed by atoms with van der Waals surface area (Å²) in [5.41, 5.74) is 1.46. The highest BCUT2D eigenvalue weighted by Crippen LogP contribution is 2.38. The molecule has 0 saturated heterocycles. The highest BCUT2D eigenvalue weighted by Gasteiger charge is 2.24. The first-order chi connectivity index (χ1) is 5.79. The van der Waals surface area contributed by atoms with Crippen LogP contribution in [0.2, 0.25) is 0 Å². The fourth-order valence-electron chi connectivity index (χ4n) is 1.52. The van der Waals surface area contributed by atoms with Gasteiger partial charge in [-0.3, -0.25) is 4.72 Å². The predicted molar refractivity (Wildman–Crippen MR) is 53.0 cm³/mol. The fourth-order valence-corrected chi connectivity index (χ4v) is 2.63. The van der Waals surface area contributed by atoms with E-state index in [1.807, 2.05) is 0 Å². The molecule has 1 N–H and O–H groups in total. The van der Waals surface area contributed by atoms with Gasteiger partial charge in [-0.2, -0.15) is 0 Å². The Morgan fingerprint density at radius 2 is 2.08 bits per heavy atom. The minimum Gasteiger partial charge on any atom is -0.252 e. The molecule has 0 fully saturated rings. The normalized spacial score (nSPS) is 21.4. The van der Waals surface area contributed by atoms with Crippen molar-refractivity contribution in [1.29, 1.82) is 0 Å². The molecule has 2 heteroatoms. The Hall–Kier alpha value is -0.470. The molecule has 1 aliphatic rings. The zero-order valence-corrected chi connectivity index (χ0v) is 8.19. The van der Waals surface area contributed by atoms with Gasteiger partial charge in [0.1, 0.15) is 0 Å². The van der Waals surface area contributed by atoms with E-state index in [9.17, 15) is 0 Å². The van der Waals surface area contributed by atoms with E-state index in [0.29, 0.717) is 12.0 Å². The van der Waals surface area contributed by atoms with Crippen LogP contribution < -0.4 is 4.72 Å². The van der Waals surface area contributed by atoms with Crippen LogP contribution in [0.4, 0.5) is 0 Å². The quantitative estimate of drug-likeness (QED) is 0.665. The number of fused-ring (bicyclic) bond motifs is 1. The highest BCUT2D eigenvalue weighted by molar-refractivity contribution is 7.97. The van der Waals surface area contributed by atoms with Crippen molar-refractivity contribution < 1.29 is 0 Å². The molecule has 64 valence electrons. The molecule has 2 rings (SSSR count). The molecule has 1 aliphatic heterocycles. The maximum Gasteiger partial charge on any atom is 0.0459 e. The third-order valence-corrected chi connectivity index (χ3v) is 3.18. The van der Waals surface area contributed by atoms with E-state index in [-0.39, 0.29) is 0 Å². The molecule has 0 unspecified atom stereocenters. The van der Waals surface area contributed by atoms with Crippen LogP contribution in [-0.2, 0) is 0 Å². The summed E-state index contributed by atoms with van der Waals surface area (Å²) in [5, 5.41) is 0. The molecule has 1 heterocycles. The summed E-state index contributed by atoms with van der Waals surface area (Å²) in [5.74, 6) is 0.668. The van der Waals surface area contributed by atoms with Crippen molar-refractivity contribution in [3.05, 3.63) is 29.8 Å². The fraction of sp³-hybridized carbons (Fsp3) is 0.400. The summed E-state index contributed by atoms with van der Waals surface area (Å²) in [4.78, 5) is 1.39. The zero-order chi connectivity index (χ0) is 8.55. The third-order valence-electron chi connectivity index (χ3n) is 2.22. The first-order valence-corrected chi connectivity index (χ1v) is 5.12. The van der Waals surface area contributed by atoms with Crippen molar-refractivity contribution in [3.8, 4) is 0 Å². The van der Waals surface area contributed by atoms with Crippen molar-refractivity contribution >= 4 is 11.9 Å². The van der Waals surface area contributed by atoms with Gasteiger partial charge in [-0.15, -0.1) is 0 Å². The molecule has 0 bridgehead atoms. The van der Waals surface area contributed by atoms with Crippen LogP contribution in [0.25, 0.3) is 0 Å². The molecule has 0 amide bonds. The van der Waals surface area contributed by atoms with Crippen LogP contribution >= 0.6 is 11.9 Å². The van der Waals surface area contributed by atoms with Crippen molar-refractivity contribution in [1.82, 2.24) is 4.72 Å². The minimum atomic E-state index is 0.534. The highest BCUT2D eigenvalue weighted by atomic mass is 32.2. The second-order valence-corrected chi connectivity index (χ2v) is 4.36. The molecule has 0 aromatic heterocycles. The van der Waals surface area contributed by atoms with Crippen molar-refractivity contribution in [2.24, 2.45) is 5.92 Å². The number of nitrogens with one attached hydrogen (secondary N) is 1. The number of hydrogen-bond acceptors (Lipinski definition) is 2. The lowest BCUT2D eigenvalue weighted by atomic mass is 9.97. The van der Waals surface area contributed by atoms with Gasteiger partial charge in [0.2, 0.25) is 0 Å². The van der Waals surface area contributed by atoms with Gasteiger partial charge in [-0.05, 0) is 29.5 Å². The lowest BCUT2D eigenvalue weighted by Crippen LogP contribution is -2.14. The van der Waals surface area contributed by atoms with Gasteiger partial charge < -0.3 is 0 Å². The van der Waals surface area contributed by atoms with Gasteiger partial charge in [-0.1, -0.05) is 32.0 Å². The molecule has 1 aromatic rings. The van der Waals surface area contributed by atoms with E-state index >= 15 is 0 Å². The summed E-state index contributed by atoms with van der Waals surface area (Å²) >= 11 is 1.75. The molecule has 1 nitrogen and oxygen atoms in total. The lowest BCUT2D eigenvalue weighted by Gasteiger charge is -2.14. The van der Waals surface area contributed by atoms with Crippen LogP contribution in [0.3, 0.4) is 0 Å². The average Bonchev–Trinajstić information content (AvgIpc) is 2.47. The molecule has 0 saturated carbocycles. The summed E-state index contributed by atoms with van der Waals surface area (Å²) in [7, 11) is 0. The number of rotatable bonds is 1. The first kappa shape index (κ1) is 8.14. The molecular formula is C10H13NS. The van der Waals surface area contributed by atoms with Crippen molar-refractivity contribution in [2.45, 2.75) is 24.8 Å². The Kier molecular flexibility index (Phi) is 2.11. The van der Waals surface area contributed by atoms with Gasteiger partial charge in [0, 0.05) is 10.9 Å². The Balaban J connectivity index is 2.36. The summed E-state index contributed by atoms with van der Waals surface area (Å²) in [6.45, 7) is 4.50. The van der Waals surface area contributed by atoms with Crippen LogP contribution in [0, 0.1) is 5.92 Å². The number of hydrogen-bond donors (Lipinski definition) is 1. The third kappa shape index (κ3) is 1.25. The monoisotopic (exact) mass is 179 g/mol. The molecule has 1 atom stereocenters. The Bertz CT molecular complexity index is 283. The molecule has 1 aromatic carbocycles. The van der Waals surface area contributed by atoms with E-state index in [1.165, 1.54) is 10.5 Å². The van der Waals surface area contributed by atoms with Gasteiger partial charge in [0.25, 0.3) is 0 Å². The van der Waals surface area contributed by atoms with E-state index < -0.39 is 0 Å². The summed E-state index contributed by atoms with van der Waals surface area (Å²) in [6.07, 6.45) is 0. The average molecular weight is 179 g/mol. The summed E-state index contributed by atoms with van der Waals surface area (Å²) < 4.78 is 3.44. The SMILES string of the molecule is CC(C)[C@H]1NSc2ccccc21. The smallest absolute Gasteiger partial charge is 0.0459 e. The predicted octanol–water partition coefficient (Wildman–Crippen LogP) is 2.99. The van der Waals surface area contributed by atoms with E-state index in [4.69, 9.17) is 0 Å². The van der Waals surface area contributed by atoms with E-state index in [0.717, 1.165) is 0 Å². The summed E-state index contributed by atoms with van der Waals surface area (Å²) in [6, 6.07) is 9.13. The van der Waals surface area contributed by atoms with Gasteiger partial charge >= 0.3 is 0 Å². The lowest BCUT2D eigenvalue weighted by molar-refractivity contribution is 0.491. The van der Waals surface area contributed by atoms with E-state index in [1.54, 1.807) is 11.9 Å². The second kappa shape index (κ2) is 3.11. The van der Waals surface area contributed by atoms with Gasteiger partial charge in [-0.25, -0.2) is 0 Å². The molecule has 12 heavy (non-hydrogen) atoms. The van der Waals surface area contributed by atoms with Crippen molar-refractivity contribution in [3.63, 3.8) is 0 Å². The maximum atomic E-state index is 3.44. The Labute approximate surface area is 77.7 Å². The topological polar surface area (TPSA) is 12.0 Å². The Morgan fingerprint density at radius 3 is 2.83 bits per heavy atom. The zero-order valence-electron chi connectivity index (χ0n) is 7.37. The van der Waals surface area contributed by atoms with Crippen LogP contribution in [0.5, 0.6) is 0 Å². The standard InChI is InChI=1S/C10H13NS/c1-7(2)10-8-5-3-4-6-9(8)12-11-10/h3-7,10-11H,1-2H3/t10-/m1/s1. The molecule has 0 radical (unpaired) electrons. The van der Waals surface area contributed by atoms with Gasteiger partial charge in [0.15, 0.2) is 0 Å². The molecule has 0 aliphatic carbocycles. The molecule has 0 spiro atoms. The first-order valence-electron chi connectivity index (χ1n) is 4.30. The minimum absolute atomic E-state index is 0.534. The van der Waals surface area contributed by atoms with Gasteiger partial charge in [0.05, 0.1) is 0 Å². The van der Waals surface area contributed by atoms with E-state index in [2.05, 4.69) is 42.8 Å². The van der Waals surface area contributed by atoms with Crippen LogP contribution in [0.1, 0.15) is 25.5 Å². The van der Waals surface area contributed by atoms with Crippen molar-refractivity contribution in [2.75, 3.05) is 0 Å². The van der Waals surface area contributed by atoms with Crippen LogP contribution in [0.15, 0.2) is 29.2 Å².